The van der Waals surface area contributed by atoms with Gasteiger partial charge in [-0.3, -0.25) is 0 Å². The second-order valence-electron chi connectivity index (χ2n) is 2.06. The van der Waals surface area contributed by atoms with E-state index in [-0.39, 0.29) is 6.90 Å². The zero-order chi connectivity index (χ0) is 6.78. The fourth-order valence-corrected chi connectivity index (χ4v) is 0. The van der Waals surface area contributed by atoms with Crippen LogP contribution in [0.15, 0.2) is 0 Å². The summed E-state index contributed by atoms with van der Waals surface area (Å²) in [6, 6.07) is 0. The molecular weight excluding hydrogens is 110 g/mol. The van der Waals surface area contributed by atoms with Crippen molar-refractivity contribution in [2.75, 3.05) is 0 Å². The summed E-state index contributed by atoms with van der Waals surface area (Å²) < 4.78 is 16.8. The molecule has 7 heavy (non-hydrogen) atoms. The smallest absolute Gasteiger partial charge is 0.136 e. The second kappa shape index (κ2) is 2.03. The third-order valence-corrected chi connectivity index (χ3v) is 1.63. The molecule has 2 N–H and O–H groups in total. The van der Waals surface area contributed by atoms with Crippen molar-refractivity contribution >= 4 is 11.4 Å². The van der Waals surface area contributed by atoms with Gasteiger partial charge >= 0.3 is 0 Å². The molecule has 1 atom stereocenters. The molecule has 0 radical (unpaired) electrons. The summed E-state index contributed by atoms with van der Waals surface area (Å²) >= 11 is -1.36. The standard InChI is InChI=1S/C4H11NOS/c1-4(2,3)7(5)6/h5H2,1-3H3/t7-/m1/s1/i1D. The van der Waals surface area contributed by atoms with E-state index in [1.807, 2.05) is 0 Å². The van der Waals surface area contributed by atoms with Crippen LogP contribution in [-0.4, -0.2) is 9.30 Å². The first-order valence-electron chi connectivity index (χ1n) is 2.67. The Bertz CT molecular complexity index is 76.4. The summed E-state index contributed by atoms with van der Waals surface area (Å²) in [5.74, 6) is 0. The highest BCUT2D eigenvalue weighted by molar-refractivity contribution is 7.90. The van der Waals surface area contributed by atoms with Gasteiger partial charge in [-0.1, -0.05) is 0 Å². The van der Waals surface area contributed by atoms with Crippen molar-refractivity contribution in [3.8, 4) is 0 Å². The molecule has 0 aliphatic heterocycles. The van der Waals surface area contributed by atoms with E-state index < -0.39 is 16.1 Å². The van der Waals surface area contributed by atoms with Gasteiger partial charge in [-0.2, -0.15) is 5.14 Å². The first-order valence-corrected chi connectivity index (χ1v) is 3.17. The number of nitrogens with two attached hydrogens (primary N) is 1. The Kier molecular flexibility index (Phi) is 1.57. The minimum absolute atomic E-state index is 0.107. The summed E-state index contributed by atoms with van der Waals surface area (Å²) in [6.07, 6.45) is 0. The summed E-state index contributed by atoms with van der Waals surface area (Å²) in [7, 11) is 0. The van der Waals surface area contributed by atoms with Crippen LogP contribution in [0.25, 0.3) is 0 Å². The van der Waals surface area contributed by atoms with Crippen molar-refractivity contribution in [1.29, 1.82) is 0 Å². The molecule has 0 rings (SSSR count). The highest BCUT2D eigenvalue weighted by Crippen LogP contribution is 2.09. The summed E-state index contributed by atoms with van der Waals surface area (Å²) in [4.78, 5) is 0. The lowest BCUT2D eigenvalue weighted by molar-refractivity contribution is 0.561. The first kappa shape index (κ1) is 5.41. The van der Waals surface area contributed by atoms with Crippen LogP contribution in [0.1, 0.15) is 22.1 Å². The summed E-state index contributed by atoms with van der Waals surface area (Å²) in [5.41, 5.74) is 0. The highest BCUT2D eigenvalue weighted by Gasteiger charge is 2.21. The van der Waals surface area contributed by atoms with E-state index in [0.717, 1.165) is 0 Å². The van der Waals surface area contributed by atoms with Gasteiger partial charge in [0.2, 0.25) is 0 Å². The average molecular weight is 122 g/mol. The third kappa shape index (κ3) is 2.91. The molecule has 44 valence electrons. The Morgan fingerprint density at radius 3 is 2.29 bits per heavy atom. The average Bonchev–Trinajstić information content (AvgIpc) is 1.67. The molecule has 0 bridgehead atoms. The van der Waals surface area contributed by atoms with Crippen LogP contribution >= 0.6 is 0 Å². The predicted molar refractivity (Wildman–Crippen MR) is 32.1 cm³/mol. The van der Waals surface area contributed by atoms with Crippen molar-refractivity contribution in [3.63, 3.8) is 0 Å². The lowest BCUT2D eigenvalue weighted by atomic mass is 10.3. The maximum absolute atomic E-state index is 10.5. The molecule has 2 nitrogen and oxygen atoms in total. The molecular formula is C4H11NOS. The minimum atomic E-state index is -1.36. The fourth-order valence-electron chi connectivity index (χ4n) is 0. The predicted octanol–water partition coefficient (Wildman–Crippen LogP) is 0.407. The summed E-state index contributed by atoms with van der Waals surface area (Å²) in [6.45, 7) is 3.52. The molecule has 0 unspecified atom stereocenters. The zero-order valence-electron chi connectivity index (χ0n) is 5.60. The van der Waals surface area contributed by atoms with E-state index in [0.29, 0.717) is 0 Å². The maximum Gasteiger partial charge on any atom is 0.136 e. The van der Waals surface area contributed by atoms with Crippen LogP contribution in [-0.2, 0) is 11.4 Å². The van der Waals surface area contributed by atoms with E-state index in [2.05, 4.69) is 0 Å². The third-order valence-electron chi connectivity index (χ3n) is 0.545. The molecule has 0 heterocycles. The first-order chi connectivity index (χ1) is 3.50. The number of hydrogen-bond acceptors (Lipinski definition) is 2. The lowest BCUT2D eigenvalue weighted by Crippen LogP contribution is -2.34. The van der Waals surface area contributed by atoms with Crippen molar-refractivity contribution in [2.45, 2.75) is 25.5 Å². The minimum Gasteiger partial charge on any atom is -0.598 e. The molecule has 0 amide bonds. The van der Waals surface area contributed by atoms with Gasteiger partial charge in [0.05, 0.1) is 0 Å². The van der Waals surface area contributed by atoms with Crippen molar-refractivity contribution < 1.29 is 5.92 Å². The fraction of sp³-hybridized carbons (Fsp3) is 1.00. The highest BCUT2D eigenvalue weighted by atomic mass is 32.2. The molecule has 0 aromatic carbocycles. The van der Waals surface area contributed by atoms with Gasteiger partial charge < -0.3 is 4.55 Å². The quantitative estimate of drug-likeness (QED) is 0.473. The van der Waals surface area contributed by atoms with Gasteiger partial charge in [-0.05, 0) is 20.7 Å². The number of hydrogen-bond donors (Lipinski definition) is 1. The molecule has 0 aliphatic carbocycles. The zero-order valence-corrected chi connectivity index (χ0v) is 5.42. The van der Waals surface area contributed by atoms with Crippen LogP contribution in [0.3, 0.4) is 0 Å². The van der Waals surface area contributed by atoms with Crippen LogP contribution in [0.2, 0.25) is 0 Å². The van der Waals surface area contributed by atoms with E-state index in [4.69, 9.17) is 6.51 Å². The summed E-state index contributed by atoms with van der Waals surface area (Å²) in [5, 5.41) is 5.03. The van der Waals surface area contributed by atoms with Crippen LogP contribution in [0.4, 0.5) is 0 Å². The van der Waals surface area contributed by atoms with Gasteiger partial charge in [-0.15, -0.1) is 0 Å². The monoisotopic (exact) mass is 122 g/mol. The Morgan fingerprint density at radius 2 is 2.29 bits per heavy atom. The molecule has 0 aromatic heterocycles. The van der Waals surface area contributed by atoms with Crippen molar-refractivity contribution in [3.05, 3.63) is 0 Å². The largest absolute Gasteiger partial charge is 0.598 e. The van der Waals surface area contributed by atoms with E-state index >= 15 is 0 Å². The Labute approximate surface area is 48.8 Å². The molecule has 0 saturated heterocycles. The van der Waals surface area contributed by atoms with Gasteiger partial charge in [-0.25, -0.2) is 0 Å². The molecule has 0 saturated carbocycles. The van der Waals surface area contributed by atoms with Crippen molar-refractivity contribution in [2.24, 2.45) is 5.14 Å². The lowest BCUT2D eigenvalue weighted by Gasteiger charge is -2.17. The van der Waals surface area contributed by atoms with Gasteiger partial charge in [0.25, 0.3) is 0 Å². The Hall–Kier alpha value is 0.270. The second-order valence-corrected chi connectivity index (χ2v) is 3.76. The SMILES string of the molecule is [2H]CC(C)(C)[S@+](N)[O-]. The van der Waals surface area contributed by atoms with Crippen LogP contribution < -0.4 is 5.14 Å². The Balaban J connectivity index is 3.71. The molecule has 0 aromatic rings. The van der Waals surface area contributed by atoms with E-state index in [9.17, 15) is 4.55 Å². The van der Waals surface area contributed by atoms with Gasteiger partial charge in [0.15, 0.2) is 0 Å². The molecule has 3 heteroatoms. The normalized spacial score (nSPS) is 18.6. The topological polar surface area (TPSA) is 49.1 Å². The van der Waals surface area contributed by atoms with Crippen LogP contribution in [0, 0.1) is 0 Å². The van der Waals surface area contributed by atoms with E-state index in [1.54, 1.807) is 13.8 Å². The van der Waals surface area contributed by atoms with E-state index in [1.165, 1.54) is 0 Å². The maximum atomic E-state index is 10.5. The van der Waals surface area contributed by atoms with Crippen molar-refractivity contribution in [1.82, 2.24) is 0 Å². The molecule has 0 spiro atoms. The van der Waals surface area contributed by atoms with Gasteiger partial charge in [0.1, 0.15) is 4.75 Å². The molecule has 0 aliphatic rings. The van der Waals surface area contributed by atoms with Gasteiger partial charge in [0, 0.05) is 12.7 Å². The Morgan fingerprint density at radius 1 is 1.86 bits per heavy atom. The number of rotatable bonds is 0. The molecule has 0 fully saturated rings. The van der Waals surface area contributed by atoms with Crippen LogP contribution in [0.5, 0.6) is 0 Å².